The van der Waals surface area contributed by atoms with Crippen LogP contribution in [0.25, 0.3) is 11.2 Å². The predicted molar refractivity (Wildman–Crippen MR) is 82.3 cm³/mol. The van der Waals surface area contributed by atoms with Gasteiger partial charge in [-0.2, -0.15) is 0 Å². The fourth-order valence-electron chi connectivity index (χ4n) is 3.19. The number of imidazole rings is 1. The first-order valence-electron chi connectivity index (χ1n) is 7.58. The van der Waals surface area contributed by atoms with E-state index in [0.717, 1.165) is 28.4 Å². The Hall–Kier alpha value is -2.42. The first kappa shape index (κ1) is 15.5. The van der Waals surface area contributed by atoms with Crippen LogP contribution in [0.5, 0.6) is 0 Å². The van der Waals surface area contributed by atoms with Gasteiger partial charge in [0.1, 0.15) is 6.33 Å². The highest BCUT2D eigenvalue weighted by Gasteiger charge is 2.33. The number of H-pyrrole nitrogens is 2. The van der Waals surface area contributed by atoms with Crippen LogP contribution in [0, 0.1) is 0 Å². The van der Waals surface area contributed by atoms with Crippen molar-refractivity contribution in [2.24, 2.45) is 0 Å². The first-order valence-corrected chi connectivity index (χ1v) is 7.58. The Morgan fingerprint density at radius 3 is 2.91 bits per heavy atom. The van der Waals surface area contributed by atoms with Crippen LogP contribution in [0.1, 0.15) is 19.3 Å². The summed E-state index contributed by atoms with van der Waals surface area (Å²) in [7, 11) is 4.36. The number of nitrogens with one attached hydrogen (secondary N) is 2. The van der Waals surface area contributed by atoms with Crippen molar-refractivity contribution in [2.75, 3.05) is 27.2 Å². The average Bonchev–Trinajstić information content (AvgIpc) is 3.02. The van der Waals surface area contributed by atoms with E-state index in [9.17, 15) is 14.4 Å². The van der Waals surface area contributed by atoms with E-state index >= 15 is 0 Å². The summed E-state index contributed by atoms with van der Waals surface area (Å²) in [6.45, 7) is 1.42. The van der Waals surface area contributed by atoms with Crippen molar-refractivity contribution in [2.45, 2.75) is 25.3 Å². The van der Waals surface area contributed by atoms with E-state index in [-0.39, 0.29) is 17.8 Å². The smallest absolute Gasteiger partial charge is 0.420 e. The fourth-order valence-corrected chi connectivity index (χ4v) is 3.19. The molecule has 1 unspecified atom stereocenters. The van der Waals surface area contributed by atoms with Crippen molar-refractivity contribution in [3.8, 4) is 0 Å². The van der Waals surface area contributed by atoms with Gasteiger partial charge in [0.05, 0.1) is 33.3 Å². The van der Waals surface area contributed by atoms with Crippen LogP contribution in [0.4, 0.5) is 4.79 Å². The van der Waals surface area contributed by atoms with E-state index in [1.807, 2.05) is 0 Å². The third-order valence-corrected chi connectivity index (χ3v) is 4.58. The molecule has 0 bridgehead atoms. The molecular formula is C14H20N5O4+. The summed E-state index contributed by atoms with van der Waals surface area (Å²) in [4.78, 5) is 43.3. The lowest BCUT2D eigenvalue weighted by Gasteiger charge is -2.31. The topological polar surface area (TPSA) is 110 Å². The summed E-state index contributed by atoms with van der Waals surface area (Å²) in [5, 5.41) is 0. The minimum absolute atomic E-state index is 0.00450. The van der Waals surface area contributed by atoms with Crippen LogP contribution in [-0.2, 0) is 4.74 Å². The van der Waals surface area contributed by atoms with Gasteiger partial charge in [0.15, 0.2) is 11.2 Å². The Bertz CT molecular complexity index is 847. The molecule has 0 amide bonds. The maximum atomic E-state index is 12.1. The van der Waals surface area contributed by atoms with Gasteiger partial charge >= 0.3 is 11.8 Å². The van der Waals surface area contributed by atoms with Crippen LogP contribution in [-0.4, -0.2) is 63.4 Å². The molecule has 3 heterocycles. The van der Waals surface area contributed by atoms with Gasteiger partial charge in [0, 0.05) is 19.3 Å². The minimum Gasteiger partial charge on any atom is -0.449 e. The summed E-state index contributed by atoms with van der Waals surface area (Å²) in [6, 6.07) is 0.477. The highest BCUT2D eigenvalue weighted by atomic mass is 16.5. The molecule has 9 nitrogen and oxygen atoms in total. The molecule has 124 valence electrons. The number of fused-ring (bicyclic) bond motifs is 1. The number of likely N-dealkylation sites (tertiary alicyclic amines) is 1. The largest absolute Gasteiger partial charge is 0.449 e. The van der Waals surface area contributed by atoms with Gasteiger partial charge in [-0.15, -0.1) is 0 Å². The normalized spacial score (nSPS) is 20.0. The lowest BCUT2D eigenvalue weighted by molar-refractivity contribution is -0.902. The third kappa shape index (κ3) is 2.91. The van der Waals surface area contributed by atoms with Crippen LogP contribution >= 0.6 is 0 Å². The van der Waals surface area contributed by atoms with Gasteiger partial charge in [-0.3, -0.25) is 14.8 Å². The molecule has 0 radical (unpaired) electrons. The molecule has 0 aromatic carbocycles. The number of ether oxygens (including phenoxy) is 1. The molecule has 0 aliphatic carbocycles. The van der Waals surface area contributed by atoms with Gasteiger partial charge in [-0.25, -0.2) is 19.1 Å². The van der Waals surface area contributed by atoms with Gasteiger partial charge in [-0.1, -0.05) is 0 Å². The molecule has 0 saturated carbocycles. The Balaban J connectivity index is 1.70. The predicted octanol–water partition coefficient (Wildman–Crippen LogP) is 0.0265. The maximum Gasteiger partial charge on any atom is 0.420 e. The summed E-state index contributed by atoms with van der Waals surface area (Å²) in [6.07, 6.45) is 3.61. The van der Waals surface area contributed by atoms with Crippen LogP contribution in [0.2, 0.25) is 0 Å². The third-order valence-electron chi connectivity index (χ3n) is 4.58. The van der Waals surface area contributed by atoms with Gasteiger partial charge in [-0.05, 0) is 0 Å². The van der Waals surface area contributed by atoms with E-state index in [2.05, 4.69) is 29.0 Å². The molecule has 9 heteroatoms. The molecule has 0 spiro atoms. The van der Waals surface area contributed by atoms with Crippen molar-refractivity contribution in [1.29, 1.82) is 0 Å². The van der Waals surface area contributed by atoms with Crippen molar-refractivity contribution in [3.63, 3.8) is 0 Å². The van der Waals surface area contributed by atoms with Crippen LogP contribution < -0.4 is 11.2 Å². The zero-order valence-electron chi connectivity index (χ0n) is 13.2. The molecule has 1 aliphatic rings. The molecule has 23 heavy (non-hydrogen) atoms. The van der Waals surface area contributed by atoms with Gasteiger partial charge < -0.3 is 9.22 Å². The summed E-state index contributed by atoms with van der Waals surface area (Å²) in [5.41, 5.74) is -1.29. The van der Waals surface area contributed by atoms with Crippen molar-refractivity contribution < 1.29 is 14.0 Å². The van der Waals surface area contributed by atoms with E-state index in [0.29, 0.717) is 6.04 Å². The molecule has 1 saturated heterocycles. The second kappa shape index (κ2) is 5.65. The van der Waals surface area contributed by atoms with Crippen molar-refractivity contribution in [1.82, 2.24) is 19.5 Å². The number of carbonyl (C=O) groups is 1. The number of aromatic amines is 2. The highest BCUT2D eigenvalue weighted by molar-refractivity contribution is 5.83. The van der Waals surface area contributed by atoms with E-state index in [4.69, 9.17) is 4.74 Å². The van der Waals surface area contributed by atoms with Gasteiger partial charge in [0.25, 0.3) is 5.56 Å². The zero-order chi connectivity index (χ0) is 16.6. The average molecular weight is 322 g/mol. The van der Waals surface area contributed by atoms with E-state index in [1.54, 1.807) is 0 Å². The van der Waals surface area contributed by atoms with E-state index < -0.39 is 17.3 Å². The molecule has 3 rings (SSSR count). The molecule has 2 aromatic heterocycles. The maximum absolute atomic E-state index is 12.1. The Labute approximate surface area is 131 Å². The van der Waals surface area contributed by atoms with Crippen LogP contribution in [0.3, 0.4) is 0 Å². The standard InChI is InChI=1S/C14H19N5O4/c1-19(2)6-3-4-9(19)5-7-23-14(22)18-8-15-10-11(18)16-13(21)17-12(10)20/h8-9H,3-7H2,1-2H3,(H-,16,17,20,21)/p+1. The van der Waals surface area contributed by atoms with Gasteiger partial charge in [0.2, 0.25) is 0 Å². The number of aromatic nitrogens is 4. The Morgan fingerprint density at radius 2 is 2.22 bits per heavy atom. The fraction of sp³-hybridized carbons (Fsp3) is 0.571. The number of hydrogen-bond donors (Lipinski definition) is 2. The highest BCUT2D eigenvalue weighted by Crippen LogP contribution is 2.24. The number of rotatable bonds is 3. The van der Waals surface area contributed by atoms with Crippen molar-refractivity contribution in [3.05, 3.63) is 27.2 Å². The number of nitrogens with zero attached hydrogens (tertiary/aromatic N) is 3. The van der Waals surface area contributed by atoms with E-state index in [1.165, 1.54) is 12.7 Å². The summed E-state index contributed by atoms with van der Waals surface area (Å²) in [5.74, 6) is 0. The first-order chi connectivity index (χ1) is 10.9. The molecule has 1 aliphatic heterocycles. The SMILES string of the molecule is C[N+]1(C)CCCC1CCOC(=O)n1cnc2c(=O)[nH]c(=O)[nH]c21. The molecule has 2 N–H and O–H groups in total. The second-order valence-corrected chi connectivity index (χ2v) is 6.42. The summed E-state index contributed by atoms with van der Waals surface area (Å²) >= 11 is 0. The number of carbonyl (C=O) groups excluding carboxylic acids is 1. The zero-order valence-corrected chi connectivity index (χ0v) is 13.2. The monoisotopic (exact) mass is 322 g/mol. The Kier molecular flexibility index (Phi) is 3.80. The lowest BCUT2D eigenvalue weighted by atomic mass is 10.1. The number of quaternary nitrogens is 1. The Morgan fingerprint density at radius 1 is 1.43 bits per heavy atom. The lowest BCUT2D eigenvalue weighted by Crippen LogP contribution is -2.44. The molecular weight excluding hydrogens is 302 g/mol. The molecule has 2 aromatic rings. The second-order valence-electron chi connectivity index (χ2n) is 6.42. The van der Waals surface area contributed by atoms with Crippen molar-refractivity contribution >= 4 is 17.3 Å². The minimum atomic E-state index is -0.693. The molecule has 1 atom stereocenters. The number of hydrogen-bond acceptors (Lipinski definition) is 5. The molecule has 1 fully saturated rings. The quantitative estimate of drug-likeness (QED) is 0.775. The van der Waals surface area contributed by atoms with Crippen LogP contribution in [0.15, 0.2) is 15.9 Å². The summed E-state index contributed by atoms with van der Waals surface area (Å²) < 4.78 is 7.25.